The molecule has 8 heteroatoms. The zero-order valence-corrected chi connectivity index (χ0v) is 13.7. The van der Waals surface area contributed by atoms with Crippen LogP contribution in [0.3, 0.4) is 0 Å². The molecule has 3 rings (SSSR count). The minimum atomic E-state index is -0.286. The Kier molecular flexibility index (Phi) is 4.33. The number of carbonyl (C=O) groups excluding carboxylic acids is 1. The van der Waals surface area contributed by atoms with Gasteiger partial charge in [-0.3, -0.25) is 4.79 Å². The predicted octanol–water partition coefficient (Wildman–Crippen LogP) is 2.69. The van der Waals surface area contributed by atoms with E-state index in [1.807, 2.05) is 0 Å². The highest BCUT2D eigenvalue weighted by Crippen LogP contribution is 2.23. The molecule has 1 amide bonds. The minimum absolute atomic E-state index is 0.286. The summed E-state index contributed by atoms with van der Waals surface area (Å²) in [7, 11) is 1.55. The molecule has 0 radical (unpaired) electrons. The molecule has 0 aliphatic rings. The Morgan fingerprint density at radius 1 is 1.30 bits per heavy atom. The summed E-state index contributed by atoms with van der Waals surface area (Å²) in [6.07, 6.45) is 6.42. The van der Waals surface area contributed by atoms with Gasteiger partial charge in [-0.2, -0.15) is 5.10 Å². The SMILES string of the molecule is COc1ccc(Br)c(C(=O)Nc2cnc(-n3cccn3)nc2)c1. The van der Waals surface area contributed by atoms with Crippen LogP contribution in [0, 0.1) is 0 Å². The Hall–Kier alpha value is -2.74. The number of rotatable bonds is 4. The number of nitrogens with one attached hydrogen (secondary N) is 1. The number of methoxy groups -OCH3 is 1. The van der Waals surface area contributed by atoms with Crippen LogP contribution in [-0.4, -0.2) is 32.8 Å². The fraction of sp³-hybridized carbons (Fsp3) is 0.0667. The topological polar surface area (TPSA) is 81.9 Å². The fourth-order valence-electron chi connectivity index (χ4n) is 1.89. The van der Waals surface area contributed by atoms with E-state index in [1.54, 1.807) is 43.8 Å². The lowest BCUT2D eigenvalue weighted by Crippen LogP contribution is -2.13. The molecule has 1 N–H and O–H groups in total. The molecule has 3 aromatic rings. The molecular formula is C15H12BrN5O2. The Morgan fingerprint density at radius 2 is 2.09 bits per heavy atom. The summed E-state index contributed by atoms with van der Waals surface area (Å²) < 4.78 is 7.34. The molecule has 7 nitrogen and oxygen atoms in total. The third-order valence-electron chi connectivity index (χ3n) is 3.02. The molecule has 0 fully saturated rings. The van der Waals surface area contributed by atoms with E-state index in [1.165, 1.54) is 17.1 Å². The lowest BCUT2D eigenvalue weighted by molar-refractivity contribution is 0.102. The van der Waals surface area contributed by atoms with E-state index < -0.39 is 0 Å². The van der Waals surface area contributed by atoms with Gasteiger partial charge >= 0.3 is 0 Å². The maximum atomic E-state index is 12.3. The van der Waals surface area contributed by atoms with Crippen molar-refractivity contribution >= 4 is 27.5 Å². The second kappa shape index (κ2) is 6.57. The van der Waals surface area contributed by atoms with Crippen molar-refractivity contribution in [2.45, 2.75) is 0 Å². The highest BCUT2D eigenvalue weighted by Gasteiger charge is 2.12. The van der Waals surface area contributed by atoms with Crippen LogP contribution in [0.1, 0.15) is 10.4 Å². The summed E-state index contributed by atoms with van der Waals surface area (Å²) in [4.78, 5) is 20.7. The molecule has 0 bridgehead atoms. The lowest BCUT2D eigenvalue weighted by Gasteiger charge is -2.08. The lowest BCUT2D eigenvalue weighted by atomic mass is 10.2. The molecule has 0 atom stereocenters. The average molecular weight is 374 g/mol. The molecule has 2 heterocycles. The first kappa shape index (κ1) is 15.2. The van der Waals surface area contributed by atoms with Gasteiger partial charge in [-0.25, -0.2) is 14.6 Å². The zero-order valence-electron chi connectivity index (χ0n) is 12.1. The van der Waals surface area contributed by atoms with E-state index in [2.05, 4.69) is 36.3 Å². The number of nitrogens with zero attached hydrogens (tertiary/aromatic N) is 4. The standard InChI is InChI=1S/C15H12BrN5O2/c1-23-11-3-4-13(16)12(7-11)14(22)20-10-8-17-15(18-9-10)21-6-2-5-19-21/h2-9H,1H3,(H,20,22). The van der Waals surface area contributed by atoms with Gasteiger partial charge in [0.2, 0.25) is 0 Å². The molecule has 2 aromatic heterocycles. The molecule has 116 valence electrons. The van der Waals surface area contributed by atoms with Gasteiger partial charge in [0.05, 0.1) is 30.8 Å². The van der Waals surface area contributed by atoms with Gasteiger partial charge in [-0.15, -0.1) is 0 Å². The number of amides is 1. The Bertz CT molecular complexity index is 818. The number of hydrogen-bond donors (Lipinski definition) is 1. The monoisotopic (exact) mass is 373 g/mol. The van der Waals surface area contributed by atoms with E-state index in [4.69, 9.17) is 4.74 Å². The first-order chi connectivity index (χ1) is 11.2. The highest BCUT2D eigenvalue weighted by atomic mass is 79.9. The smallest absolute Gasteiger partial charge is 0.257 e. The van der Waals surface area contributed by atoms with Crippen LogP contribution in [0.2, 0.25) is 0 Å². The van der Waals surface area contributed by atoms with Crippen LogP contribution in [-0.2, 0) is 0 Å². The van der Waals surface area contributed by atoms with Crippen molar-refractivity contribution < 1.29 is 9.53 Å². The fourth-order valence-corrected chi connectivity index (χ4v) is 2.32. The summed E-state index contributed by atoms with van der Waals surface area (Å²) in [6.45, 7) is 0. The van der Waals surface area contributed by atoms with Gasteiger partial charge in [-0.1, -0.05) is 0 Å². The molecule has 0 saturated heterocycles. The van der Waals surface area contributed by atoms with Crippen molar-refractivity contribution in [2.24, 2.45) is 0 Å². The van der Waals surface area contributed by atoms with Crippen molar-refractivity contribution in [3.05, 3.63) is 59.1 Å². The summed E-state index contributed by atoms with van der Waals surface area (Å²) >= 11 is 3.35. The number of carbonyl (C=O) groups is 1. The van der Waals surface area contributed by atoms with E-state index in [9.17, 15) is 4.79 Å². The van der Waals surface area contributed by atoms with Crippen LogP contribution in [0.15, 0.2) is 53.5 Å². The average Bonchev–Trinajstić information content (AvgIpc) is 3.10. The van der Waals surface area contributed by atoms with E-state index in [0.717, 1.165) is 0 Å². The molecule has 1 aromatic carbocycles. The Labute approximate surface area is 140 Å². The van der Waals surface area contributed by atoms with Crippen LogP contribution in [0.4, 0.5) is 5.69 Å². The molecule has 0 spiro atoms. The first-order valence-electron chi connectivity index (χ1n) is 6.64. The number of hydrogen-bond acceptors (Lipinski definition) is 5. The van der Waals surface area contributed by atoms with E-state index in [-0.39, 0.29) is 5.91 Å². The van der Waals surface area contributed by atoms with Crippen molar-refractivity contribution in [2.75, 3.05) is 12.4 Å². The van der Waals surface area contributed by atoms with Gasteiger partial charge in [0.15, 0.2) is 0 Å². The third kappa shape index (κ3) is 3.37. The molecule has 0 aliphatic carbocycles. The van der Waals surface area contributed by atoms with Crippen LogP contribution in [0.5, 0.6) is 5.75 Å². The highest BCUT2D eigenvalue weighted by molar-refractivity contribution is 9.10. The van der Waals surface area contributed by atoms with Crippen molar-refractivity contribution in [3.63, 3.8) is 0 Å². The maximum Gasteiger partial charge on any atom is 0.257 e. The van der Waals surface area contributed by atoms with Gasteiger partial charge in [-0.05, 0) is 40.2 Å². The van der Waals surface area contributed by atoms with E-state index in [0.29, 0.717) is 27.4 Å². The number of aromatic nitrogens is 4. The Morgan fingerprint density at radius 3 is 2.74 bits per heavy atom. The first-order valence-corrected chi connectivity index (χ1v) is 7.43. The minimum Gasteiger partial charge on any atom is -0.497 e. The number of benzene rings is 1. The van der Waals surface area contributed by atoms with Crippen molar-refractivity contribution in [1.29, 1.82) is 0 Å². The molecular weight excluding hydrogens is 362 g/mol. The zero-order chi connectivity index (χ0) is 16.2. The summed E-state index contributed by atoms with van der Waals surface area (Å²) in [5.41, 5.74) is 0.945. The summed E-state index contributed by atoms with van der Waals surface area (Å²) in [5.74, 6) is 0.741. The number of anilines is 1. The second-order valence-corrected chi connectivity index (χ2v) is 5.38. The van der Waals surface area contributed by atoms with Crippen LogP contribution >= 0.6 is 15.9 Å². The van der Waals surface area contributed by atoms with Crippen LogP contribution < -0.4 is 10.1 Å². The normalized spacial score (nSPS) is 10.3. The molecule has 0 saturated carbocycles. The van der Waals surface area contributed by atoms with Crippen molar-refractivity contribution in [1.82, 2.24) is 19.7 Å². The molecule has 0 aliphatic heterocycles. The largest absolute Gasteiger partial charge is 0.497 e. The quantitative estimate of drug-likeness (QED) is 0.760. The van der Waals surface area contributed by atoms with Crippen molar-refractivity contribution in [3.8, 4) is 11.7 Å². The van der Waals surface area contributed by atoms with Gasteiger partial charge in [0.1, 0.15) is 5.75 Å². The number of halogens is 1. The summed E-state index contributed by atoms with van der Waals surface area (Å²) in [5, 5.41) is 6.78. The summed E-state index contributed by atoms with van der Waals surface area (Å²) in [6, 6.07) is 6.95. The third-order valence-corrected chi connectivity index (χ3v) is 3.72. The maximum absolute atomic E-state index is 12.3. The molecule has 23 heavy (non-hydrogen) atoms. The van der Waals surface area contributed by atoms with Crippen LogP contribution in [0.25, 0.3) is 5.95 Å². The van der Waals surface area contributed by atoms with Gasteiger partial charge in [0.25, 0.3) is 11.9 Å². The van der Waals surface area contributed by atoms with Gasteiger partial charge in [0, 0.05) is 16.9 Å². The number of ether oxygens (including phenoxy) is 1. The van der Waals surface area contributed by atoms with E-state index >= 15 is 0 Å². The van der Waals surface area contributed by atoms with Gasteiger partial charge < -0.3 is 10.1 Å². The Balaban J connectivity index is 1.78. The molecule has 0 unspecified atom stereocenters. The second-order valence-electron chi connectivity index (χ2n) is 4.52. The predicted molar refractivity (Wildman–Crippen MR) is 87.8 cm³/mol.